The van der Waals surface area contributed by atoms with Crippen molar-refractivity contribution in [1.29, 1.82) is 0 Å². The molecule has 0 saturated carbocycles. The summed E-state index contributed by atoms with van der Waals surface area (Å²) in [5.74, 6) is -0.0458. The van der Waals surface area contributed by atoms with Crippen LogP contribution in [-0.2, 0) is 24.5 Å². The topological polar surface area (TPSA) is 84.4 Å². The van der Waals surface area contributed by atoms with Gasteiger partial charge in [0.1, 0.15) is 0 Å². The Bertz CT molecular complexity index is 427. The number of amides is 1. The quantitative estimate of drug-likeness (QED) is 0.724. The Kier molecular flexibility index (Phi) is 3.17. The minimum atomic E-state index is -0.482. The Morgan fingerprint density at radius 2 is 2.47 bits per heavy atom. The second-order valence-electron chi connectivity index (χ2n) is 4.57. The smallest absolute Gasteiger partial charge is 0.239 e. The van der Waals surface area contributed by atoms with E-state index < -0.39 is 6.04 Å². The summed E-state index contributed by atoms with van der Waals surface area (Å²) in [6.45, 7) is 4.75. The average molecular weight is 238 g/mol. The molecule has 94 valence electrons. The van der Waals surface area contributed by atoms with Gasteiger partial charge in [0.05, 0.1) is 37.1 Å². The highest BCUT2D eigenvalue weighted by molar-refractivity contribution is 5.81. The third-order valence-corrected chi connectivity index (χ3v) is 3.05. The molecule has 0 bridgehead atoms. The third kappa shape index (κ3) is 2.18. The van der Waals surface area contributed by atoms with Crippen molar-refractivity contribution in [2.24, 2.45) is 5.73 Å². The van der Waals surface area contributed by atoms with Crippen LogP contribution in [0.5, 0.6) is 0 Å². The number of carbonyl (C=O) groups is 1. The van der Waals surface area contributed by atoms with E-state index in [2.05, 4.69) is 5.10 Å². The van der Waals surface area contributed by atoms with Crippen molar-refractivity contribution in [3.8, 4) is 0 Å². The fraction of sp³-hybridized carbons (Fsp3) is 0.636. The van der Waals surface area contributed by atoms with E-state index in [1.165, 1.54) is 0 Å². The van der Waals surface area contributed by atoms with Crippen LogP contribution in [0, 0.1) is 0 Å². The summed E-state index contributed by atoms with van der Waals surface area (Å²) in [5, 5.41) is 13.3. The van der Waals surface area contributed by atoms with E-state index in [4.69, 9.17) is 10.8 Å². The Hall–Kier alpha value is -1.40. The number of aromatic nitrogens is 2. The van der Waals surface area contributed by atoms with Gasteiger partial charge < -0.3 is 15.7 Å². The molecule has 0 saturated heterocycles. The molecule has 1 amide bonds. The van der Waals surface area contributed by atoms with Crippen molar-refractivity contribution in [2.75, 3.05) is 0 Å². The second-order valence-corrected chi connectivity index (χ2v) is 4.57. The van der Waals surface area contributed by atoms with E-state index in [1.807, 2.05) is 17.7 Å². The number of rotatable bonds is 2. The highest BCUT2D eigenvalue weighted by atomic mass is 16.3. The fourth-order valence-electron chi connectivity index (χ4n) is 2.11. The molecular formula is C11H18N4O2. The molecule has 1 aliphatic rings. The first-order valence-corrected chi connectivity index (χ1v) is 5.75. The summed E-state index contributed by atoms with van der Waals surface area (Å²) in [5.41, 5.74) is 7.21. The van der Waals surface area contributed by atoms with Crippen LogP contribution in [0.15, 0.2) is 6.07 Å². The molecular weight excluding hydrogens is 220 g/mol. The van der Waals surface area contributed by atoms with Gasteiger partial charge in [-0.2, -0.15) is 5.10 Å². The molecule has 6 nitrogen and oxygen atoms in total. The zero-order valence-electron chi connectivity index (χ0n) is 10.1. The third-order valence-electron chi connectivity index (χ3n) is 3.05. The molecule has 0 spiro atoms. The van der Waals surface area contributed by atoms with Crippen LogP contribution in [0.1, 0.15) is 25.2 Å². The second kappa shape index (κ2) is 4.46. The maximum absolute atomic E-state index is 11.9. The number of hydrogen-bond acceptors (Lipinski definition) is 4. The molecule has 0 aliphatic carbocycles. The molecule has 1 aliphatic heterocycles. The maximum Gasteiger partial charge on any atom is 0.239 e. The van der Waals surface area contributed by atoms with Crippen molar-refractivity contribution >= 4 is 5.91 Å². The highest BCUT2D eigenvalue weighted by Gasteiger charge is 2.29. The number of aliphatic hydroxyl groups is 1. The van der Waals surface area contributed by atoms with E-state index in [9.17, 15) is 4.79 Å². The Labute approximate surface area is 100 Å². The molecule has 0 unspecified atom stereocenters. The molecule has 0 fully saturated rings. The van der Waals surface area contributed by atoms with Crippen LogP contribution >= 0.6 is 0 Å². The normalized spacial score (nSPS) is 21.2. The van der Waals surface area contributed by atoms with E-state index in [0.717, 1.165) is 5.69 Å². The summed E-state index contributed by atoms with van der Waals surface area (Å²) in [6.07, 6.45) is 0. The lowest BCUT2D eigenvalue weighted by molar-refractivity contribution is -0.136. The lowest BCUT2D eigenvalue weighted by Crippen LogP contribution is -2.50. The Morgan fingerprint density at radius 3 is 3.06 bits per heavy atom. The molecule has 6 heteroatoms. The first-order valence-electron chi connectivity index (χ1n) is 5.75. The molecule has 2 heterocycles. The number of nitrogens with zero attached hydrogens (tertiary/aromatic N) is 3. The van der Waals surface area contributed by atoms with Gasteiger partial charge in [-0.25, -0.2) is 0 Å². The zero-order valence-corrected chi connectivity index (χ0v) is 10.1. The van der Waals surface area contributed by atoms with Crippen molar-refractivity contribution in [3.05, 3.63) is 17.5 Å². The summed E-state index contributed by atoms with van der Waals surface area (Å²) < 4.78 is 1.85. The van der Waals surface area contributed by atoms with E-state index in [-0.39, 0.29) is 18.6 Å². The van der Waals surface area contributed by atoms with Gasteiger partial charge in [-0.05, 0) is 19.9 Å². The number of aliphatic hydroxyl groups excluding tert-OH is 1. The van der Waals surface area contributed by atoms with Gasteiger partial charge in [0.25, 0.3) is 0 Å². The minimum Gasteiger partial charge on any atom is -0.390 e. The molecule has 17 heavy (non-hydrogen) atoms. The molecule has 2 atom stereocenters. The molecule has 0 aromatic carbocycles. The molecule has 0 radical (unpaired) electrons. The van der Waals surface area contributed by atoms with Gasteiger partial charge in [0.15, 0.2) is 0 Å². The Balaban J connectivity index is 2.23. The number of carbonyl (C=O) groups excluding carboxylic acids is 1. The predicted molar refractivity (Wildman–Crippen MR) is 61.8 cm³/mol. The van der Waals surface area contributed by atoms with Crippen LogP contribution in [0.3, 0.4) is 0 Å². The summed E-state index contributed by atoms with van der Waals surface area (Å²) >= 11 is 0. The molecule has 3 N–H and O–H groups in total. The average Bonchev–Trinajstić information content (AvgIpc) is 2.68. The molecule has 1 aromatic heterocycles. The van der Waals surface area contributed by atoms with Crippen molar-refractivity contribution in [2.45, 2.75) is 45.6 Å². The molecule has 1 aromatic rings. The fourth-order valence-corrected chi connectivity index (χ4v) is 2.11. The van der Waals surface area contributed by atoms with Gasteiger partial charge in [-0.1, -0.05) is 0 Å². The van der Waals surface area contributed by atoms with Crippen LogP contribution in [-0.4, -0.2) is 37.8 Å². The highest BCUT2D eigenvalue weighted by Crippen LogP contribution is 2.19. The largest absolute Gasteiger partial charge is 0.390 e. The zero-order chi connectivity index (χ0) is 12.6. The monoisotopic (exact) mass is 238 g/mol. The standard InChI is InChI=1S/C11H18N4O2/c1-7-4-15-10(3-9(6-16)13-15)5-14(7)11(17)8(2)12/h3,7-8,16H,4-6,12H2,1-2H3/t7-,8+/m0/s1. The first kappa shape index (κ1) is 12.1. The minimum absolute atomic E-state index is 0.0458. The number of hydrogen-bond donors (Lipinski definition) is 2. The van der Waals surface area contributed by atoms with Crippen LogP contribution in [0.4, 0.5) is 0 Å². The maximum atomic E-state index is 11.9. The van der Waals surface area contributed by atoms with Gasteiger partial charge >= 0.3 is 0 Å². The summed E-state index contributed by atoms with van der Waals surface area (Å²) in [6, 6.07) is 1.42. The first-order chi connectivity index (χ1) is 8.02. The van der Waals surface area contributed by atoms with Gasteiger partial charge in [-0.3, -0.25) is 9.48 Å². The lowest BCUT2D eigenvalue weighted by Gasteiger charge is -2.34. The van der Waals surface area contributed by atoms with Crippen molar-refractivity contribution in [3.63, 3.8) is 0 Å². The van der Waals surface area contributed by atoms with Crippen molar-refractivity contribution in [1.82, 2.24) is 14.7 Å². The SMILES string of the molecule is C[C@@H](N)C(=O)N1Cc2cc(CO)nn2C[C@@H]1C. The van der Waals surface area contributed by atoms with E-state index in [1.54, 1.807) is 11.8 Å². The van der Waals surface area contributed by atoms with Crippen LogP contribution < -0.4 is 5.73 Å². The van der Waals surface area contributed by atoms with Gasteiger partial charge in [0, 0.05) is 6.04 Å². The Morgan fingerprint density at radius 1 is 1.76 bits per heavy atom. The molecule has 2 rings (SSSR count). The van der Waals surface area contributed by atoms with Gasteiger partial charge in [0.2, 0.25) is 5.91 Å². The lowest BCUT2D eigenvalue weighted by atomic mass is 10.1. The van der Waals surface area contributed by atoms with Gasteiger partial charge in [-0.15, -0.1) is 0 Å². The summed E-state index contributed by atoms with van der Waals surface area (Å²) in [4.78, 5) is 13.7. The number of nitrogens with two attached hydrogens (primary N) is 1. The number of fused-ring (bicyclic) bond motifs is 1. The summed E-state index contributed by atoms with van der Waals surface area (Å²) in [7, 11) is 0. The van der Waals surface area contributed by atoms with Crippen molar-refractivity contribution < 1.29 is 9.90 Å². The van der Waals surface area contributed by atoms with Crippen LogP contribution in [0.2, 0.25) is 0 Å². The predicted octanol–water partition coefficient (Wildman–Crippen LogP) is -0.547. The van der Waals surface area contributed by atoms with Crippen LogP contribution in [0.25, 0.3) is 0 Å². The van der Waals surface area contributed by atoms with E-state index in [0.29, 0.717) is 18.8 Å². The van der Waals surface area contributed by atoms with E-state index >= 15 is 0 Å².